The summed E-state index contributed by atoms with van der Waals surface area (Å²) < 4.78 is 18.2. The molecular weight excluding hydrogens is 171 g/mol. The van der Waals surface area contributed by atoms with E-state index in [1.165, 1.54) is 6.07 Å². The molecule has 0 aliphatic heterocycles. The van der Waals surface area contributed by atoms with Crippen molar-refractivity contribution in [3.05, 3.63) is 29.2 Å². The van der Waals surface area contributed by atoms with E-state index in [-0.39, 0.29) is 5.82 Å². The predicted octanol–water partition coefficient (Wildman–Crippen LogP) is 1.73. The first kappa shape index (κ1) is 8.19. The predicted molar refractivity (Wildman–Crippen MR) is 46.6 cm³/mol. The summed E-state index contributed by atoms with van der Waals surface area (Å²) in [6, 6.07) is 3.00. The number of aryl methyl sites for hydroxylation is 1. The molecule has 0 fully saturated rings. The van der Waals surface area contributed by atoms with Gasteiger partial charge in [0, 0.05) is 12.1 Å². The quantitative estimate of drug-likeness (QED) is 0.727. The minimum Gasteiger partial charge on any atom is -0.356 e. The van der Waals surface area contributed by atoms with Gasteiger partial charge in [0.25, 0.3) is 0 Å². The zero-order valence-electron chi connectivity index (χ0n) is 7.17. The third-order valence-electron chi connectivity index (χ3n) is 2.04. The fourth-order valence-corrected chi connectivity index (χ4v) is 1.36. The van der Waals surface area contributed by atoms with Crippen molar-refractivity contribution >= 4 is 11.0 Å². The zero-order valence-corrected chi connectivity index (χ0v) is 7.17. The van der Waals surface area contributed by atoms with E-state index in [1.807, 2.05) is 0 Å². The van der Waals surface area contributed by atoms with Crippen molar-refractivity contribution in [1.82, 2.24) is 5.16 Å². The third kappa shape index (κ3) is 1.10. The summed E-state index contributed by atoms with van der Waals surface area (Å²) in [5.41, 5.74) is 7.26. The smallest absolute Gasteiger partial charge is 0.174 e. The number of halogens is 1. The fourth-order valence-electron chi connectivity index (χ4n) is 1.36. The van der Waals surface area contributed by atoms with Crippen molar-refractivity contribution in [3.8, 4) is 0 Å². The van der Waals surface area contributed by atoms with E-state index in [9.17, 15) is 4.39 Å². The molecule has 0 radical (unpaired) electrons. The molecule has 0 atom stereocenters. The monoisotopic (exact) mass is 180 g/mol. The van der Waals surface area contributed by atoms with Crippen molar-refractivity contribution < 1.29 is 8.91 Å². The molecule has 4 heteroatoms. The van der Waals surface area contributed by atoms with Gasteiger partial charge >= 0.3 is 0 Å². The van der Waals surface area contributed by atoms with Crippen molar-refractivity contribution in [1.29, 1.82) is 0 Å². The van der Waals surface area contributed by atoms with Crippen LogP contribution < -0.4 is 5.73 Å². The van der Waals surface area contributed by atoms with E-state index >= 15 is 0 Å². The molecule has 0 aliphatic rings. The van der Waals surface area contributed by atoms with E-state index in [2.05, 4.69) is 5.16 Å². The van der Waals surface area contributed by atoms with Crippen LogP contribution in [0.15, 0.2) is 16.7 Å². The van der Waals surface area contributed by atoms with Gasteiger partial charge in [0.2, 0.25) is 0 Å². The molecule has 3 nitrogen and oxygen atoms in total. The molecular formula is C9H9FN2O. The molecule has 1 heterocycles. The Morgan fingerprint density at radius 3 is 3.00 bits per heavy atom. The van der Waals surface area contributed by atoms with E-state index in [4.69, 9.17) is 10.3 Å². The van der Waals surface area contributed by atoms with Gasteiger partial charge in [0.15, 0.2) is 5.58 Å². The Morgan fingerprint density at radius 2 is 2.31 bits per heavy atom. The average molecular weight is 180 g/mol. The molecule has 0 aliphatic carbocycles. The van der Waals surface area contributed by atoms with Crippen LogP contribution in [0.4, 0.5) is 4.39 Å². The Hall–Kier alpha value is -1.42. The average Bonchev–Trinajstić information content (AvgIpc) is 2.50. The van der Waals surface area contributed by atoms with Crippen molar-refractivity contribution in [2.45, 2.75) is 13.5 Å². The van der Waals surface area contributed by atoms with Crippen LogP contribution in [0.2, 0.25) is 0 Å². The number of benzene rings is 1. The van der Waals surface area contributed by atoms with Gasteiger partial charge in [-0.05, 0) is 13.0 Å². The molecule has 0 amide bonds. The molecule has 2 rings (SSSR count). The highest BCUT2D eigenvalue weighted by Gasteiger charge is 2.12. The Bertz CT molecular complexity index is 450. The number of fused-ring (bicyclic) bond motifs is 1. The Balaban J connectivity index is 2.87. The number of nitrogens with zero attached hydrogens (tertiary/aromatic N) is 1. The topological polar surface area (TPSA) is 52.0 Å². The van der Waals surface area contributed by atoms with Crippen molar-refractivity contribution in [3.63, 3.8) is 0 Å². The van der Waals surface area contributed by atoms with Crippen LogP contribution >= 0.6 is 0 Å². The standard InChI is InChI=1S/C9H9FN2O/c1-5-8-7(10)3-2-6(4-11)9(8)13-12-5/h2-3H,4,11H2,1H3. The number of aromatic nitrogens is 1. The maximum absolute atomic E-state index is 13.3. The molecule has 0 bridgehead atoms. The summed E-state index contributed by atoms with van der Waals surface area (Å²) in [7, 11) is 0. The summed E-state index contributed by atoms with van der Waals surface area (Å²) in [4.78, 5) is 0. The normalized spacial score (nSPS) is 11.0. The Morgan fingerprint density at radius 1 is 1.54 bits per heavy atom. The van der Waals surface area contributed by atoms with Crippen molar-refractivity contribution in [2.24, 2.45) is 5.73 Å². The molecule has 0 unspecified atom stereocenters. The lowest BCUT2D eigenvalue weighted by molar-refractivity contribution is 0.448. The van der Waals surface area contributed by atoms with Gasteiger partial charge in [-0.1, -0.05) is 11.2 Å². The highest BCUT2D eigenvalue weighted by Crippen LogP contribution is 2.24. The molecule has 1 aromatic heterocycles. The zero-order chi connectivity index (χ0) is 9.42. The van der Waals surface area contributed by atoms with Gasteiger partial charge in [0.05, 0.1) is 11.1 Å². The minimum absolute atomic E-state index is 0.314. The van der Waals surface area contributed by atoms with E-state index in [0.717, 1.165) is 5.56 Å². The molecule has 68 valence electrons. The van der Waals surface area contributed by atoms with Gasteiger partial charge in [0.1, 0.15) is 5.82 Å². The van der Waals surface area contributed by atoms with E-state index in [1.54, 1.807) is 13.0 Å². The number of hydrogen-bond acceptors (Lipinski definition) is 3. The van der Waals surface area contributed by atoms with Gasteiger partial charge in [-0.15, -0.1) is 0 Å². The first-order valence-electron chi connectivity index (χ1n) is 3.97. The highest BCUT2D eigenvalue weighted by molar-refractivity contribution is 5.82. The summed E-state index contributed by atoms with van der Waals surface area (Å²) in [6.07, 6.45) is 0. The second-order valence-corrected chi connectivity index (χ2v) is 2.88. The molecule has 1 aromatic carbocycles. The van der Waals surface area contributed by atoms with Gasteiger partial charge in [-0.25, -0.2) is 4.39 Å². The lowest BCUT2D eigenvalue weighted by atomic mass is 10.1. The van der Waals surface area contributed by atoms with Crippen LogP contribution in [0, 0.1) is 12.7 Å². The van der Waals surface area contributed by atoms with Crippen molar-refractivity contribution in [2.75, 3.05) is 0 Å². The number of rotatable bonds is 1. The second-order valence-electron chi connectivity index (χ2n) is 2.88. The number of hydrogen-bond donors (Lipinski definition) is 1. The SMILES string of the molecule is Cc1noc2c(CN)ccc(F)c12. The third-order valence-corrected chi connectivity index (χ3v) is 2.04. The lowest BCUT2D eigenvalue weighted by Gasteiger charge is -1.97. The summed E-state index contributed by atoms with van der Waals surface area (Å²) in [6.45, 7) is 2.03. The maximum atomic E-state index is 13.3. The Labute approximate surface area is 74.3 Å². The lowest BCUT2D eigenvalue weighted by Crippen LogP contribution is -1.96. The first-order chi connectivity index (χ1) is 6.24. The maximum Gasteiger partial charge on any atom is 0.174 e. The van der Waals surface area contributed by atoms with Crippen LogP contribution in [-0.2, 0) is 6.54 Å². The van der Waals surface area contributed by atoms with Crippen LogP contribution in [0.3, 0.4) is 0 Å². The largest absolute Gasteiger partial charge is 0.356 e. The fraction of sp³-hybridized carbons (Fsp3) is 0.222. The molecule has 13 heavy (non-hydrogen) atoms. The second kappa shape index (κ2) is 2.81. The molecule has 2 N–H and O–H groups in total. The van der Waals surface area contributed by atoms with Crippen LogP contribution in [0.1, 0.15) is 11.3 Å². The van der Waals surface area contributed by atoms with Crippen LogP contribution in [0.5, 0.6) is 0 Å². The minimum atomic E-state index is -0.314. The summed E-state index contributed by atoms with van der Waals surface area (Å²) in [5, 5.41) is 4.13. The number of nitrogens with two attached hydrogens (primary N) is 1. The van der Waals surface area contributed by atoms with Gasteiger partial charge in [-0.3, -0.25) is 0 Å². The molecule has 2 aromatic rings. The van der Waals surface area contributed by atoms with E-state index < -0.39 is 0 Å². The summed E-state index contributed by atoms with van der Waals surface area (Å²) >= 11 is 0. The summed E-state index contributed by atoms with van der Waals surface area (Å²) in [5.74, 6) is -0.314. The molecule has 0 saturated carbocycles. The van der Waals surface area contributed by atoms with Crippen LogP contribution in [-0.4, -0.2) is 5.16 Å². The first-order valence-corrected chi connectivity index (χ1v) is 3.97. The molecule has 0 spiro atoms. The van der Waals surface area contributed by atoms with E-state index in [0.29, 0.717) is 23.2 Å². The van der Waals surface area contributed by atoms with Gasteiger partial charge < -0.3 is 10.3 Å². The highest BCUT2D eigenvalue weighted by atomic mass is 19.1. The Kier molecular flexibility index (Phi) is 1.77. The van der Waals surface area contributed by atoms with Gasteiger partial charge in [-0.2, -0.15) is 0 Å². The van der Waals surface area contributed by atoms with Crippen LogP contribution in [0.25, 0.3) is 11.0 Å². The molecule has 0 saturated heterocycles.